The average molecular weight is 261 g/mol. The van der Waals surface area contributed by atoms with Crippen LogP contribution in [0.3, 0.4) is 0 Å². The van der Waals surface area contributed by atoms with E-state index in [-0.39, 0.29) is 11.5 Å². The number of pyridine rings is 1. The summed E-state index contributed by atoms with van der Waals surface area (Å²) in [5.41, 5.74) is 1.82. The van der Waals surface area contributed by atoms with E-state index in [4.69, 9.17) is 10.6 Å². The van der Waals surface area contributed by atoms with E-state index in [1.165, 1.54) is 6.20 Å². The van der Waals surface area contributed by atoms with Gasteiger partial charge in [0.15, 0.2) is 0 Å². The summed E-state index contributed by atoms with van der Waals surface area (Å²) in [4.78, 5) is 3.76. The first-order valence-electron chi connectivity index (χ1n) is 5.59. The zero-order valence-corrected chi connectivity index (χ0v) is 9.57. The second-order valence-corrected chi connectivity index (χ2v) is 4.23. The number of hydrogen-bond acceptors (Lipinski definition) is 4. The third-order valence-corrected chi connectivity index (χ3v) is 3.11. The Morgan fingerprint density at radius 3 is 2.83 bits per heavy atom. The first kappa shape index (κ1) is 13.3. The lowest BCUT2D eigenvalue weighted by atomic mass is 9.91. The van der Waals surface area contributed by atoms with Crippen molar-refractivity contribution in [3.8, 4) is 0 Å². The maximum atomic E-state index is 12.9. The lowest BCUT2D eigenvalue weighted by Gasteiger charge is -2.24. The lowest BCUT2D eigenvalue weighted by molar-refractivity contribution is -0.138. The Balaban J connectivity index is 2.35. The van der Waals surface area contributed by atoms with E-state index in [1.54, 1.807) is 0 Å². The maximum absolute atomic E-state index is 12.9. The molecule has 0 radical (unpaired) electrons. The standard InChI is InChI=1S/C11H14F3N3O/c12-11(13,14)9-1-3-16-5-8(9)10(17-15)7-2-4-18-6-7/h1,3,5,7,10,17H,2,4,6,15H2. The minimum absolute atomic E-state index is 0.0692. The molecular weight excluding hydrogens is 247 g/mol. The van der Waals surface area contributed by atoms with Gasteiger partial charge in [-0.2, -0.15) is 13.2 Å². The van der Waals surface area contributed by atoms with Gasteiger partial charge in [0.1, 0.15) is 0 Å². The number of hydrogen-bond donors (Lipinski definition) is 2. The number of rotatable bonds is 3. The number of nitrogens with two attached hydrogens (primary N) is 1. The molecule has 4 nitrogen and oxygen atoms in total. The van der Waals surface area contributed by atoms with Crippen LogP contribution in [0.4, 0.5) is 13.2 Å². The summed E-state index contributed by atoms with van der Waals surface area (Å²) in [5.74, 6) is 5.33. The molecule has 7 heteroatoms. The Kier molecular flexibility index (Phi) is 3.84. The normalized spacial score (nSPS) is 22.1. The summed E-state index contributed by atoms with van der Waals surface area (Å²) in [6, 6.07) is 0.369. The first-order chi connectivity index (χ1) is 8.54. The monoisotopic (exact) mass is 261 g/mol. The number of aromatic nitrogens is 1. The molecule has 100 valence electrons. The number of halogens is 3. The van der Waals surface area contributed by atoms with Crippen molar-refractivity contribution in [2.75, 3.05) is 13.2 Å². The molecule has 1 aromatic rings. The largest absolute Gasteiger partial charge is 0.416 e. The van der Waals surface area contributed by atoms with Gasteiger partial charge in [0, 0.05) is 30.5 Å². The van der Waals surface area contributed by atoms with Gasteiger partial charge in [-0.15, -0.1) is 0 Å². The fourth-order valence-electron chi connectivity index (χ4n) is 2.21. The van der Waals surface area contributed by atoms with Gasteiger partial charge in [-0.25, -0.2) is 0 Å². The van der Waals surface area contributed by atoms with Crippen molar-refractivity contribution >= 4 is 0 Å². The Bertz CT molecular complexity index is 405. The fourth-order valence-corrected chi connectivity index (χ4v) is 2.21. The Morgan fingerprint density at radius 2 is 2.28 bits per heavy atom. The van der Waals surface area contributed by atoms with Gasteiger partial charge in [0.2, 0.25) is 0 Å². The highest BCUT2D eigenvalue weighted by atomic mass is 19.4. The Hall–Kier alpha value is -1.18. The molecule has 0 amide bonds. The maximum Gasteiger partial charge on any atom is 0.416 e. The quantitative estimate of drug-likeness (QED) is 0.641. The van der Waals surface area contributed by atoms with E-state index in [9.17, 15) is 13.2 Å². The van der Waals surface area contributed by atoms with Crippen molar-refractivity contribution in [2.24, 2.45) is 11.8 Å². The van der Waals surface area contributed by atoms with Crippen molar-refractivity contribution in [1.29, 1.82) is 0 Å². The molecule has 2 unspecified atom stereocenters. The van der Waals surface area contributed by atoms with Gasteiger partial charge in [0.05, 0.1) is 18.2 Å². The molecule has 0 aromatic carbocycles. The van der Waals surface area contributed by atoms with Crippen LogP contribution in [0, 0.1) is 5.92 Å². The van der Waals surface area contributed by atoms with Gasteiger partial charge in [-0.05, 0) is 12.5 Å². The van der Waals surface area contributed by atoms with Gasteiger partial charge < -0.3 is 4.74 Å². The van der Waals surface area contributed by atoms with Gasteiger partial charge in [-0.1, -0.05) is 0 Å². The number of alkyl halides is 3. The van der Waals surface area contributed by atoms with Crippen LogP contribution < -0.4 is 11.3 Å². The van der Waals surface area contributed by atoms with E-state index < -0.39 is 17.8 Å². The molecule has 1 aliphatic heterocycles. The minimum Gasteiger partial charge on any atom is -0.381 e. The minimum atomic E-state index is -4.41. The molecule has 1 aromatic heterocycles. The third-order valence-electron chi connectivity index (χ3n) is 3.11. The Morgan fingerprint density at radius 1 is 1.50 bits per heavy atom. The number of hydrazine groups is 1. The topological polar surface area (TPSA) is 60.2 Å². The zero-order chi connectivity index (χ0) is 13.2. The molecule has 3 N–H and O–H groups in total. The second kappa shape index (κ2) is 5.21. The molecule has 18 heavy (non-hydrogen) atoms. The van der Waals surface area contributed by atoms with E-state index in [1.807, 2.05) is 0 Å². The molecule has 0 bridgehead atoms. The molecule has 0 aliphatic carbocycles. The first-order valence-corrected chi connectivity index (χ1v) is 5.59. The van der Waals surface area contributed by atoms with Crippen LogP contribution in [0.2, 0.25) is 0 Å². The summed E-state index contributed by atoms with van der Waals surface area (Å²) in [5, 5.41) is 0. The van der Waals surface area contributed by atoms with Crippen LogP contribution in [-0.2, 0) is 10.9 Å². The second-order valence-electron chi connectivity index (χ2n) is 4.23. The number of nitrogens with zero attached hydrogens (tertiary/aromatic N) is 1. The molecule has 2 rings (SSSR count). The van der Waals surface area contributed by atoms with Gasteiger partial charge in [0.25, 0.3) is 0 Å². The predicted molar refractivity (Wildman–Crippen MR) is 58.2 cm³/mol. The summed E-state index contributed by atoms with van der Waals surface area (Å²) < 4.78 is 43.9. The highest BCUT2D eigenvalue weighted by Gasteiger charge is 2.37. The highest BCUT2D eigenvalue weighted by molar-refractivity contribution is 5.30. The van der Waals surface area contributed by atoms with E-state index in [0.29, 0.717) is 19.6 Å². The summed E-state index contributed by atoms with van der Waals surface area (Å²) in [7, 11) is 0. The molecular formula is C11H14F3N3O. The predicted octanol–water partition coefficient (Wildman–Crippen LogP) is 1.64. The summed E-state index contributed by atoms with van der Waals surface area (Å²) in [6.07, 6.45) is -1.38. The number of ether oxygens (including phenoxy) is 1. The highest BCUT2D eigenvalue weighted by Crippen LogP contribution is 2.37. The molecule has 1 saturated heterocycles. The van der Waals surface area contributed by atoms with Crippen molar-refractivity contribution in [1.82, 2.24) is 10.4 Å². The van der Waals surface area contributed by atoms with Crippen molar-refractivity contribution in [3.05, 3.63) is 29.6 Å². The van der Waals surface area contributed by atoms with Crippen LogP contribution in [0.25, 0.3) is 0 Å². The van der Waals surface area contributed by atoms with Crippen molar-refractivity contribution < 1.29 is 17.9 Å². The third kappa shape index (κ3) is 2.63. The number of nitrogens with one attached hydrogen (secondary N) is 1. The molecule has 1 fully saturated rings. The lowest BCUT2D eigenvalue weighted by Crippen LogP contribution is -2.35. The molecule has 1 aliphatic rings. The van der Waals surface area contributed by atoms with E-state index in [2.05, 4.69) is 10.4 Å². The smallest absolute Gasteiger partial charge is 0.381 e. The Labute approximate surface area is 102 Å². The zero-order valence-electron chi connectivity index (χ0n) is 9.57. The molecule has 0 spiro atoms. The van der Waals surface area contributed by atoms with E-state index >= 15 is 0 Å². The van der Waals surface area contributed by atoms with Crippen molar-refractivity contribution in [3.63, 3.8) is 0 Å². The average Bonchev–Trinajstić information content (AvgIpc) is 2.83. The summed E-state index contributed by atoms with van der Waals surface area (Å²) in [6.45, 7) is 0.950. The summed E-state index contributed by atoms with van der Waals surface area (Å²) >= 11 is 0. The molecule has 2 heterocycles. The van der Waals surface area contributed by atoms with Crippen LogP contribution in [0.15, 0.2) is 18.5 Å². The van der Waals surface area contributed by atoms with Crippen LogP contribution in [0.5, 0.6) is 0 Å². The van der Waals surface area contributed by atoms with Crippen LogP contribution in [0.1, 0.15) is 23.6 Å². The molecule has 0 saturated carbocycles. The SMILES string of the molecule is NNC(c1cnccc1C(F)(F)F)C1CCOC1. The van der Waals surface area contributed by atoms with Crippen LogP contribution in [-0.4, -0.2) is 18.2 Å². The van der Waals surface area contributed by atoms with Gasteiger partial charge in [-0.3, -0.25) is 16.3 Å². The van der Waals surface area contributed by atoms with Crippen molar-refractivity contribution in [2.45, 2.75) is 18.6 Å². The van der Waals surface area contributed by atoms with E-state index in [0.717, 1.165) is 12.3 Å². The molecule has 2 atom stereocenters. The van der Waals surface area contributed by atoms with Gasteiger partial charge >= 0.3 is 6.18 Å². The fraction of sp³-hybridized carbons (Fsp3) is 0.545. The van der Waals surface area contributed by atoms with Crippen LogP contribution >= 0.6 is 0 Å².